The second kappa shape index (κ2) is 20.0. The van der Waals surface area contributed by atoms with Crippen LogP contribution in [-0.4, -0.2) is 97.8 Å². The molecule has 2 unspecified atom stereocenters. The van der Waals surface area contributed by atoms with Crippen molar-refractivity contribution in [2.24, 2.45) is 0 Å². The van der Waals surface area contributed by atoms with Crippen molar-refractivity contribution >= 4 is 63.5 Å². The number of nitrogens with zero attached hydrogens (tertiary/aromatic N) is 2. The molecule has 0 aromatic heterocycles. The van der Waals surface area contributed by atoms with Gasteiger partial charge >= 0.3 is 5.97 Å². The fourth-order valence-corrected chi connectivity index (χ4v) is 10.4. The summed E-state index contributed by atoms with van der Waals surface area (Å²) in [5, 5.41) is 9.10. The fraction of sp³-hybridized carbons (Fsp3) is 0.463. The highest BCUT2D eigenvalue weighted by molar-refractivity contribution is 7.86. The number of carbonyl (C=O) groups is 1. The van der Waals surface area contributed by atoms with Crippen molar-refractivity contribution in [2.75, 3.05) is 29.5 Å². The third kappa shape index (κ3) is 13.0. The number of carboxylic acid groups (broad SMARTS) is 1. The van der Waals surface area contributed by atoms with Gasteiger partial charge in [0, 0.05) is 47.5 Å². The standard InChI is InChI=1S/C41H54N2O14S4/c1-4-42-35-22-20-31(60(52,53)54)29-33(35)40(2,24-12-15-27-58(46,47)48)37(42)17-9-6-5-7-10-18-38-41(3,25-13-16-28-59(49,50)51)34-30-32(61(55,56)57)21-23-36(34)43(38)26-14-8-11-19-39(44)45/h5-7,9-10,17-18,20-23,29-30H,4,8,11-16,19,24-28H2,1-3H3,(H4-,44,45,46,47,48,49,50,51,52,53,54,55,56,57). The predicted molar refractivity (Wildman–Crippen MR) is 230 cm³/mol. The van der Waals surface area contributed by atoms with Crippen LogP contribution in [0.1, 0.15) is 96.1 Å². The van der Waals surface area contributed by atoms with Gasteiger partial charge in [0.1, 0.15) is 16.7 Å². The molecule has 20 heteroatoms. The van der Waals surface area contributed by atoms with Crippen molar-refractivity contribution in [2.45, 2.75) is 106 Å². The van der Waals surface area contributed by atoms with Crippen LogP contribution < -0.4 is 4.90 Å². The molecular weight excluding hydrogens is 873 g/mol. The van der Waals surface area contributed by atoms with E-state index in [1.165, 1.54) is 24.3 Å². The van der Waals surface area contributed by atoms with Gasteiger partial charge in [-0.05, 0) is 101 Å². The first-order valence-corrected chi connectivity index (χ1v) is 25.9. The number of hydrogen-bond donors (Lipinski definition) is 4. The monoisotopic (exact) mass is 926 g/mol. The zero-order valence-electron chi connectivity index (χ0n) is 34.3. The van der Waals surface area contributed by atoms with Crippen LogP contribution in [0.5, 0.6) is 0 Å². The lowest BCUT2D eigenvalue weighted by atomic mass is 9.75. The van der Waals surface area contributed by atoms with Crippen LogP contribution >= 0.6 is 0 Å². The number of fused-ring (bicyclic) bond motifs is 2. The number of unbranched alkanes of at least 4 members (excludes halogenated alkanes) is 4. The summed E-state index contributed by atoms with van der Waals surface area (Å²) in [6.07, 6.45) is 16.0. The minimum atomic E-state index is -4.77. The van der Waals surface area contributed by atoms with E-state index in [9.17, 15) is 56.7 Å². The van der Waals surface area contributed by atoms with E-state index >= 15 is 0 Å². The quantitative estimate of drug-likeness (QED) is 0.0412. The van der Waals surface area contributed by atoms with Crippen molar-refractivity contribution in [3.8, 4) is 0 Å². The number of allylic oxidation sites excluding steroid dienone is 8. The van der Waals surface area contributed by atoms with Crippen molar-refractivity contribution in [3.05, 3.63) is 95.8 Å². The van der Waals surface area contributed by atoms with Crippen molar-refractivity contribution in [1.82, 2.24) is 0 Å². The molecule has 336 valence electrons. The summed E-state index contributed by atoms with van der Waals surface area (Å²) in [4.78, 5) is 12.4. The number of rotatable bonds is 23. The van der Waals surface area contributed by atoms with Gasteiger partial charge in [-0.1, -0.05) is 49.6 Å². The van der Waals surface area contributed by atoms with Crippen LogP contribution in [0.4, 0.5) is 11.4 Å². The normalized spacial score (nSPS) is 20.5. The Labute approximate surface area is 359 Å². The van der Waals surface area contributed by atoms with Crippen LogP contribution in [-0.2, 0) is 56.1 Å². The Bertz CT molecular complexity index is 2580. The van der Waals surface area contributed by atoms with Gasteiger partial charge in [0.05, 0.1) is 26.7 Å². The summed E-state index contributed by atoms with van der Waals surface area (Å²) in [6.45, 7) is 6.64. The van der Waals surface area contributed by atoms with Crippen LogP contribution in [0.15, 0.2) is 94.4 Å². The zero-order valence-corrected chi connectivity index (χ0v) is 37.6. The summed E-state index contributed by atoms with van der Waals surface area (Å²) in [5.74, 6) is -1.79. The molecule has 4 N–H and O–H groups in total. The fourth-order valence-electron chi connectivity index (χ4n) is 8.22. The topological polar surface area (TPSA) is 264 Å². The maximum atomic E-state index is 12.2. The molecule has 2 aromatic rings. The Balaban J connectivity index is 1.68. The molecule has 0 bridgehead atoms. The SMILES string of the molecule is CC[N+]1=C(/C=C/C=C/C=C/C=C2/N(CCCCCC(=O)O)c3ccc(S(=O)(=O)O)cc3C2(C)CCCCS(=O)(=O)O)C(C)(CCCCS(=O)(=O)O)c2cc(S(=O)(=O)[O-])ccc21. The largest absolute Gasteiger partial charge is 0.744 e. The molecule has 0 saturated heterocycles. The lowest BCUT2D eigenvalue weighted by Crippen LogP contribution is -2.31. The number of hydrogen-bond acceptors (Lipinski definition) is 11. The highest BCUT2D eigenvalue weighted by Crippen LogP contribution is 2.51. The van der Waals surface area contributed by atoms with Gasteiger partial charge in [0.25, 0.3) is 30.4 Å². The molecule has 61 heavy (non-hydrogen) atoms. The third-order valence-corrected chi connectivity index (χ3v) is 14.5. The van der Waals surface area contributed by atoms with E-state index < -0.39 is 68.8 Å². The summed E-state index contributed by atoms with van der Waals surface area (Å²) in [5.41, 5.74) is 2.40. The lowest BCUT2D eigenvalue weighted by Gasteiger charge is -2.30. The predicted octanol–water partition coefficient (Wildman–Crippen LogP) is 6.31. The molecule has 0 amide bonds. The Morgan fingerprint density at radius 3 is 1.87 bits per heavy atom. The van der Waals surface area contributed by atoms with Gasteiger partial charge in [-0.15, -0.1) is 0 Å². The average molecular weight is 927 g/mol. The van der Waals surface area contributed by atoms with E-state index in [0.29, 0.717) is 80.5 Å². The smallest absolute Gasteiger partial charge is 0.303 e. The highest BCUT2D eigenvalue weighted by Gasteiger charge is 2.47. The summed E-state index contributed by atoms with van der Waals surface area (Å²) in [6, 6.07) is 8.51. The van der Waals surface area contributed by atoms with Crippen LogP contribution in [0.3, 0.4) is 0 Å². The second-order valence-electron chi connectivity index (χ2n) is 15.6. The van der Waals surface area contributed by atoms with Gasteiger partial charge in [-0.2, -0.15) is 29.8 Å². The number of aliphatic carboxylic acids is 1. The molecule has 4 rings (SSSR count). The van der Waals surface area contributed by atoms with E-state index in [4.69, 9.17) is 5.11 Å². The van der Waals surface area contributed by atoms with Crippen molar-refractivity contribution < 1.29 is 66.4 Å². The molecule has 16 nitrogen and oxygen atoms in total. The van der Waals surface area contributed by atoms with Gasteiger partial charge in [0.2, 0.25) is 5.69 Å². The van der Waals surface area contributed by atoms with Crippen LogP contribution in [0.25, 0.3) is 0 Å². The minimum absolute atomic E-state index is 0.0116. The highest BCUT2D eigenvalue weighted by atomic mass is 32.2. The van der Waals surface area contributed by atoms with Gasteiger partial charge < -0.3 is 14.6 Å². The van der Waals surface area contributed by atoms with Gasteiger partial charge in [-0.25, -0.2) is 8.42 Å². The first-order chi connectivity index (χ1) is 28.3. The maximum Gasteiger partial charge on any atom is 0.303 e. The molecule has 2 aliphatic rings. The molecule has 0 spiro atoms. The Morgan fingerprint density at radius 1 is 0.721 bits per heavy atom. The second-order valence-corrected chi connectivity index (χ2v) is 21.5. The number of anilines is 1. The van der Waals surface area contributed by atoms with Crippen LogP contribution in [0, 0.1) is 0 Å². The van der Waals surface area contributed by atoms with Crippen molar-refractivity contribution in [1.29, 1.82) is 0 Å². The maximum absolute atomic E-state index is 12.2. The zero-order chi connectivity index (χ0) is 45.4. The van der Waals surface area contributed by atoms with Gasteiger partial charge in [0.15, 0.2) is 5.71 Å². The Hall–Kier alpha value is -4.02. The third-order valence-electron chi connectivity index (χ3n) is 11.2. The van der Waals surface area contributed by atoms with E-state index in [-0.39, 0.29) is 29.1 Å². The summed E-state index contributed by atoms with van der Waals surface area (Å²) >= 11 is 0. The van der Waals surface area contributed by atoms with E-state index in [1.54, 1.807) is 42.5 Å². The molecule has 2 aliphatic heterocycles. The van der Waals surface area contributed by atoms with Crippen molar-refractivity contribution in [3.63, 3.8) is 0 Å². The molecule has 0 saturated carbocycles. The summed E-state index contributed by atoms with van der Waals surface area (Å²) in [7, 11) is -17.8. The first kappa shape index (κ1) is 49.6. The summed E-state index contributed by atoms with van der Waals surface area (Å²) < 4.78 is 137. The molecule has 0 radical (unpaired) electrons. The molecule has 2 atom stereocenters. The number of benzene rings is 2. The molecule has 2 aromatic carbocycles. The van der Waals surface area contributed by atoms with Crippen LogP contribution in [0.2, 0.25) is 0 Å². The molecule has 0 aliphatic carbocycles. The first-order valence-electron chi connectivity index (χ1n) is 19.8. The average Bonchev–Trinajstić information content (AvgIpc) is 3.52. The Morgan fingerprint density at radius 2 is 1.30 bits per heavy atom. The Kier molecular flexibility index (Phi) is 16.3. The van der Waals surface area contributed by atoms with E-state index in [1.807, 2.05) is 42.4 Å². The number of carboxylic acids is 1. The van der Waals surface area contributed by atoms with Gasteiger partial charge in [-0.3, -0.25) is 18.5 Å². The molecule has 2 heterocycles. The minimum Gasteiger partial charge on any atom is -0.744 e. The van der Waals surface area contributed by atoms with E-state index in [0.717, 1.165) is 11.4 Å². The van der Waals surface area contributed by atoms with E-state index in [2.05, 4.69) is 0 Å². The molecular formula is C41H54N2O14S4. The molecule has 0 fully saturated rings. The lowest BCUT2D eigenvalue weighted by molar-refractivity contribution is -0.433.